The molecule has 0 aliphatic carbocycles. The summed E-state index contributed by atoms with van der Waals surface area (Å²) in [6.45, 7) is 2.91. The van der Waals surface area contributed by atoms with Crippen molar-refractivity contribution in [3.05, 3.63) is 129 Å². The summed E-state index contributed by atoms with van der Waals surface area (Å²) in [6.07, 6.45) is 1.88. The van der Waals surface area contributed by atoms with Crippen LogP contribution in [0.25, 0.3) is 6.08 Å². The molecule has 0 N–H and O–H groups in total. The number of benzene rings is 4. The predicted molar refractivity (Wildman–Crippen MR) is 162 cm³/mol. The first kappa shape index (κ1) is 26.8. The van der Waals surface area contributed by atoms with Gasteiger partial charge in [0.15, 0.2) is 16.7 Å². The minimum absolute atomic E-state index is 0.0794. The monoisotopic (exact) mass is 598 g/mol. The molecule has 4 aromatic carbocycles. The highest BCUT2D eigenvalue weighted by Gasteiger charge is 2.33. The molecule has 1 amide bonds. The van der Waals surface area contributed by atoms with Gasteiger partial charge in [-0.25, -0.2) is 4.99 Å². The van der Waals surface area contributed by atoms with E-state index in [1.165, 1.54) is 11.8 Å². The van der Waals surface area contributed by atoms with Gasteiger partial charge in [0.05, 0.1) is 24.2 Å². The van der Waals surface area contributed by atoms with Crippen molar-refractivity contribution >= 4 is 50.5 Å². The van der Waals surface area contributed by atoms with Gasteiger partial charge in [-0.1, -0.05) is 82.2 Å². The largest absolute Gasteiger partial charge is 0.493 e. The van der Waals surface area contributed by atoms with E-state index < -0.39 is 0 Å². The molecule has 4 aromatic rings. The lowest BCUT2D eigenvalue weighted by molar-refractivity contribution is -0.122. The highest BCUT2D eigenvalue weighted by Crippen LogP contribution is 2.37. The molecule has 0 radical (unpaired) electrons. The third-order valence-electron chi connectivity index (χ3n) is 6.12. The molecule has 0 spiro atoms. The van der Waals surface area contributed by atoms with Gasteiger partial charge in [0.2, 0.25) is 0 Å². The minimum atomic E-state index is -0.0794. The molecule has 0 bridgehead atoms. The van der Waals surface area contributed by atoms with Gasteiger partial charge >= 0.3 is 0 Å². The number of amides is 1. The van der Waals surface area contributed by atoms with Crippen LogP contribution in [-0.2, 0) is 17.9 Å². The van der Waals surface area contributed by atoms with E-state index in [0.29, 0.717) is 34.7 Å². The second kappa shape index (κ2) is 12.4. The Morgan fingerprint density at radius 3 is 2.36 bits per heavy atom. The fraction of sp³-hybridized carbons (Fsp3) is 0.125. The Labute approximate surface area is 241 Å². The van der Waals surface area contributed by atoms with Crippen molar-refractivity contribution in [1.29, 1.82) is 0 Å². The van der Waals surface area contributed by atoms with Crippen LogP contribution < -0.4 is 9.47 Å². The number of carbonyl (C=O) groups excluding carboxylic acids is 1. The lowest BCUT2D eigenvalue weighted by Gasteiger charge is -2.15. The normalized spacial score (nSPS) is 15.3. The van der Waals surface area contributed by atoms with Crippen LogP contribution >= 0.6 is 27.7 Å². The Hall–Kier alpha value is -3.81. The average molecular weight is 600 g/mol. The zero-order chi connectivity index (χ0) is 27.2. The number of aliphatic imine (C=N–C) groups is 1. The Bertz CT molecular complexity index is 1520. The number of ether oxygens (including phenoxy) is 2. The van der Waals surface area contributed by atoms with Gasteiger partial charge in [-0.2, -0.15) is 0 Å². The fourth-order valence-corrected chi connectivity index (χ4v) is 5.28. The smallest absolute Gasteiger partial charge is 0.267 e. The summed E-state index contributed by atoms with van der Waals surface area (Å²) in [6, 6.07) is 31.6. The average Bonchev–Trinajstić information content (AvgIpc) is 3.23. The van der Waals surface area contributed by atoms with Gasteiger partial charge in [0.1, 0.15) is 6.61 Å². The second-order valence-electron chi connectivity index (χ2n) is 9.04. The maximum absolute atomic E-state index is 13.6. The summed E-state index contributed by atoms with van der Waals surface area (Å²) in [5.74, 6) is 1.16. The van der Waals surface area contributed by atoms with Gasteiger partial charge in [-0.3, -0.25) is 9.69 Å². The van der Waals surface area contributed by atoms with Crippen molar-refractivity contribution in [1.82, 2.24) is 4.90 Å². The van der Waals surface area contributed by atoms with E-state index in [-0.39, 0.29) is 5.91 Å². The van der Waals surface area contributed by atoms with Crippen LogP contribution in [0.15, 0.2) is 111 Å². The summed E-state index contributed by atoms with van der Waals surface area (Å²) in [7, 11) is 1.61. The number of nitrogens with zero attached hydrogens (tertiary/aromatic N) is 2. The molecule has 1 aliphatic rings. The molecule has 5 rings (SSSR count). The molecule has 5 nitrogen and oxygen atoms in total. The van der Waals surface area contributed by atoms with E-state index in [1.807, 2.05) is 110 Å². The Morgan fingerprint density at radius 1 is 0.897 bits per heavy atom. The van der Waals surface area contributed by atoms with Crippen molar-refractivity contribution in [3.63, 3.8) is 0 Å². The van der Waals surface area contributed by atoms with Crippen LogP contribution in [0.5, 0.6) is 11.5 Å². The first-order valence-corrected chi connectivity index (χ1v) is 14.1. The highest BCUT2D eigenvalue weighted by atomic mass is 79.9. The number of rotatable bonds is 8. The molecule has 1 saturated heterocycles. The van der Waals surface area contributed by atoms with E-state index in [1.54, 1.807) is 12.0 Å². The van der Waals surface area contributed by atoms with Crippen LogP contribution in [0.1, 0.15) is 22.3 Å². The number of amidine groups is 1. The lowest BCUT2D eigenvalue weighted by atomic mass is 10.1. The SMILES string of the molecule is COc1cc(/C=C2/SC(=Nc3ccc(C)cc3)N(Cc3ccccc3)C2=O)ccc1OCc1ccc(Br)cc1. The number of thioether (sulfide) groups is 1. The summed E-state index contributed by atoms with van der Waals surface area (Å²) in [5, 5.41) is 0.653. The minimum Gasteiger partial charge on any atom is -0.493 e. The second-order valence-corrected chi connectivity index (χ2v) is 11.0. The van der Waals surface area contributed by atoms with Crippen LogP contribution in [0.2, 0.25) is 0 Å². The van der Waals surface area contributed by atoms with E-state index in [0.717, 1.165) is 32.4 Å². The standard InChI is InChI=1S/C32H27BrN2O3S/c1-22-8-15-27(16-9-22)34-32-35(20-23-6-4-3-5-7-23)31(36)30(39-32)19-25-12-17-28(29(18-25)37-2)38-21-24-10-13-26(33)14-11-24/h3-19H,20-21H2,1-2H3/b30-19+,34-32?. The van der Waals surface area contributed by atoms with Crippen molar-refractivity contribution in [2.24, 2.45) is 4.99 Å². The van der Waals surface area contributed by atoms with Crippen molar-refractivity contribution in [2.75, 3.05) is 7.11 Å². The topological polar surface area (TPSA) is 51.1 Å². The highest BCUT2D eigenvalue weighted by molar-refractivity contribution is 9.10. The van der Waals surface area contributed by atoms with Crippen LogP contribution in [0.4, 0.5) is 5.69 Å². The van der Waals surface area contributed by atoms with E-state index in [9.17, 15) is 4.79 Å². The van der Waals surface area contributed by atoms with Gasteiger partial charge in [-0.05, 0) is 77.9 Å². The maximum Gasteiger partial charge on any atom is 0.267 e. The van der Waals surface area contributed by atoms with Crippen LogP contribution in [-0.4, -0.2) is 23.1 Å². The van der Waals surface area contributed by atoms with Gasteiger partial charge in [-0.15, -0.1) is 0 Å². The summed E-state index contributed by atoms with van der Waals surface area (Å²) >= 11 is 4.83. The number of methoxy groups -OCH3 is 1. The molecule has 0 aromatic heterocycles. The third-order valence-corrected chi connectivity index (χ3v) is 7.66. The molecule has 0 unspecified atom stereocenters. The van der Waals surface area contributed by atoms with Crippen molar-refractivity contribution < 1.29 is 14.3 Å². The number of carbonyl (C=O) groups is 1. The molecule has 0 saturated carbocycles. The Kier molecular flexibility index (Phi) is 8.49. The number of halogens is 1. The van der Waals surface area contributed by atoms with E-state index in [2.05, 4.69) is 15.9 Å². The molecule has 1 fully saturated rings. The van der Waals surface area contributed by atoms with Gasteiger partial charge < -0.3 is 9.47 Å². The molecule has 1 heterocycles. The number of aryl methyl sites for hydroxylation is 1. The zero-order valence-electron chi connectivity index (χ0n) is 21.6. The lowest BCUT2D eigenvalue weighted by Crippen LogP contribution is -2.28. The number of hydrogen-bond donors (Lipinski definition) is 0. The molecule has 39 heavy (non-hydrogen) atoms. The summed E-state index contributed by atoms with van der Waals surface area (Å²) in [4.78, 5) is 20.7. The zero-order valence-corrected chi connectivity index (χ0v) is 24.0. The van der Waals surface area contributed by atoms with Gasteiger partial charge in [0.25, 0.3) is 5.91 Å². The van der Waals surface area contributed by atoms with Crippen molar-refractivity contribution in [2.45, 2.75) is 20.1 Å². The molecule has 7 heteroatoms. The molecule has 196 valence electrons. The summed E-state index contributed by atoms with van der Waals surface area (Å²) < 4.78 is 12.6. The molecule has 0 atom stereocenters. The van der Waals surface area contributed by atoms with Crippen LogP contribution in [0, 0.1) is 6.92 Å². The van der Waals surface area contributed by atoms with Gasteiger partial charge in [0, 0.05) is 4.47 Å². The maximum atomic E-state index is 13.6. The number of hydrogen-bond acceptors (Lipinski definition) is 5. The molecular formula is C32H27BrN2O3S. The third kappa shape index (κ3) is 6.80. The Morgan fingerprint density at radius 2 is 1.64 bits per heavy atom. The Balaban J connectivity index is 1.40. The van der Waals surface area contributed by atoms with E-state index >= 15 is 0 Å². The summed E-state index contributed by atoms with van der Waals surface area (Å²) in [5.41, 5.74) is 4.91. The fourth-order valence-electron chi connectivity index (χ4n) is 4.01. The first-order valence-electron chi connectivity index (χ1n) is 12.4. The molecular weight excluding hydrogens is 572 g/mol. The first-order chi connectivity index (χ1) is 19.0. The quantitative estimate of drug-likeness (QED) is 0.192. The molecule has 1 aliphatic heterocycles. The van der Waals surface area contributed by atoms with Crippen LogP contribution in [0.3, 0.4) is 0 Å². The van der Waals surface area contributed by atoms with E-state index in [4.69, 9.17) is 14.5 Å². The predicted octanol–water partition coefficient (Wildman–Crippen LogP) is 8.15. The van der Waals surface area contributed by atoms with Crippen molar-refractivity contribution in [3.8, 4) is 11.5 Å².